The highest BCUT2D eigenvalue weighted by molar-refractivity contribution is 6.39. The Kier molecular flexibility index (Phi) is 5.92. The Labute approximate surface area is 139 Å². The number of hydrogen-bond donors (Lipinski definition) is 2. The van der Waals surface area contributed by atoms with Crippen molar-refractivity contribution >= 4 is 40.5 Å². The van der Waals surface area contributed by atoms with E-state index in [0.717, 1.165) is 5.75 Å². The Morgan fingerprint density at radius 3 is 2.41 bits per heavy atom. The number of nitrogens with one attached hydrogen (secondary N) is 1. The van der Waals surface area contributed by atoms with E-state index in [1.54, 1.807) is 12.1 Å². The third-order valence-corrected chi connectivity index (χ3v) is 3.55. The van der Waals surface area contributed by atoms with Crippen molar-refractivity contribution in [2.45, 2.75) is 12.8 Å². The molecule has 0 aromatic heterocycles. The molecule has 1 amide bonds. The second kappa shape index (κ2) is 7.92. The van der Waals surface area contributed by atoms with E-state index in [0.29, 0.717) is 40.9 Å². The molecule has 0 saturated carbocycles. The monoisotopic (exact) mass is 338 g/mol. The predicted octanol–water partition coefficient (Wildman–Crippen LogP) is 4.37. The van der Waals surface area contributed by atoms with Gasteiger partial charge in [0.25, 0.3) is 0 Å². The summed E-state index contributed by atoms with van der Waals surface area (Å²) in [5.74, 6) is 0.661. The van der Waals surface area contributed by atoms with Crippen LogP contribution in [0.2, 0.25) is 10.0 Å². The van der Waals surface area contributed by atoms with Gasteiger partial charge in [0.2, 0.25) is 5.91 Å². The third-order valence-electron chi connectivity index (χ3n) is 2.92. The molecule has 2 rings (SSSR count). The van der Waals surface area contributed by atoms with E-state index in [9.17, 15) is 4.79 Å². The molecule has 0 spiro atoms. The molecule has 4 nitrogen and oxygen atoms in total. The van der Waals surface area contributed by atoms with Gasteiger partial charge in [0.15, 0.2) is 0 Å². The van der Waals surface area contributed by atoms with Crippen LogP contribution in [-0.2, 0) is 4.79 Å². The Morgan fingerprint density at radius 2 is 1.77 bits per heavy atom. The highest BCUT2D eigenvalue weighted by Crippen LogP contribution is 2.31. The first-order chi connectivity index (χ1) is 10.6. The third kappa shape index (κ3) is 4.83. The number of carbonyl (C=O) groups excluding carboxylic acids is 1. The number of benzene rings is 2. The maximum Gasteiger partial charge on any atom is 0.224 e. The molecule has 0 atom stereocenters. The molecule has 2 aromatic carbocycles. The molecule has 0 fully saturated rings. The van der Waals surface area contributed by atoms with Gasteiger partial charge in [-0.05, 0) is 30.7 Å². The number of ether oxygens (including phenoxy) is 1. The molecule has 2 aromatic rings. The molecule has 0 aliphatic heterocycles. The van der Waals surface area contributed by atoms with Crippen LogP contribution in [0, 0.1) is 0 Å². The zero-order valence-corrected chi connectivity index (χ0v) is 13.3. The fourth-order valence-corrected chi connectivity index (χ4v) is 2.31. The van der Waals surface area contributed by atoms with E-state index in [4.69, 9.17) is 33.7 Å². The van der Waals surface area contributed by atoms with Gasteiger partial charge in [0.1, 0.15) is 5.75 Å². The van der Waals surface area contributed by atoms with Crippen LogP contribution in [0.15, 0.2) is 42.5 Å². The van der Waals surface area contributed by atoms with Crippen molar-refractivity contribution in [1.29, 1.82) is 0 Å². The molecule has 0 aliphatic carbocycles. The van der Waals surface area contributed by atoms with Crippen molar-refractivity contribution in [3.05, 3.63) is 52.5 Å². The van der Waals surface area contributed by atoms with E-state index < -0.39 is 0 Å². The lowest BCUT2D eigenvalue weighted by molar-refractivity contribution is -0.116. The lowest BCUT2D eigenvalue weighted by Crippen LogP contribution is -2.13. The Hall–Kier alpha value is -1.91. The molecule has 0 heterocycles. The standard InChI is InChI=1S/C16H16Cl2N2O2/c17-13-9-11(10-14(18)16(13)19)20-15(21)7-4-8-22-12-5-2-1-3-6-12/h1-3,5-6,9-10H,4,7-8,19H2,(H,20,21). The fraction of sp³-hybridized carbons (Fsp3) is 0.188. The maximum atomic E-state index is 11.8. The molecule has 116 valence electrons. The fourth-order valence-electron chi connectivity index (χ4n) is 1.82. The number of nitrogen functional groups attached to an aromatic ring is 1. The lowest BCUT2D eigenvalue weighted by atomic mass is 10.2. The second-order valence-electron chi connectivity index (χ2n) is 4.67. The first-order valence-electron chi connectivity index (χ1n) is 6.78. The molecule has 0 unspecified atom stereocenters. The zero-order valence-electron chi connectivity index (χ0n) is 11.8. The Morgan fingerprint density at radius 1 is 1.14 bits per heavy atom. The molecule has 0 radical (unpaired) electrons. The van der Waals surface area contributed by atoms with Crippen molar-refractivity contribution in [2.75, 3.05) is 17.7 Å². The van der Waals surface area contributed by atoms with Crippen LogP contribution in [-0.4, -0.2) is 12.5 Å². The Bertz CT molecular complexity index is 625. The van der Waals surface area contributed by atoms with Gasteiger partial charge in [0, 0.05) is 12.1 Å². The van der Waals surface area contributed by atoms with E-state index in [1.807, 2.05) is 30.3 Å². The quantitative estimate of drug-likeness (QED) is 0.607. The van der Waals surface area contributed by atoms with Crippen molar-refractivity contribution in [2.24, 2.45) is 0 Å². The summed E-state index contributed by atoms with van der Waals surface area (Å²) in [6.45, 7) is 0.473. The summed E-state index contributed by atoms with van der Waals surface area (Å²) < 4.78 is 5.52. The zero-order chi connectivity index (χ0) is 15.9. The minimum absolute atomic E-state index is 0.131. The number of carbonyl (C=O) groups is 1. The first-order valence-corrected chi connectivity index (χ1v) is 7.54. The average molecular weight is 339 g/mol. The molecule has 0 saturated heterocycles. The second-order valence-corrected chi connectivity index (χ2v) is 5.48. The van der Waals surface area contributed by atoms with Crippen LogP contribution in [0.25, 0.3) is 0 Å². The van der Waals surface area contributed by atoms with Crippen LogP contribution >= 0.6 is 23.2 Å². The van der Waals surface area contributed by atoms with Gasteiger partial charge in [-0.25, -0.2) is 0 Å². The molecule has 6 heteroatoms. The molecule has 0 aliphatic rings. The molecule has 22 heavy (non-hydrogen) atoms. The summed E-state index contributed by atoms with van der Waals surface area (Å²) >= 11 is 11.8. The van der Waals surface area contributed by atoms with Crippen LogP contribution in [0.4, 0.5) is 11.4 Å². The average Bonchev–Trinajstić information content (AvgIpc) is 2.50. The van der Waals surface area contributed by atoms with E-state index in [1.165, 1.54) is 0 Å². The predicted molar refractivity (Wildman–Crippen MR) is 90.7 cm³/mol. The van der Waals surface area contributed by atoms with Gasteiger partial charge < -0.3 is 15.8 Å². The van der Waals surface area contributed by atoms with Gasteiger partial charge >= 0.3 is 0 Å². The summed E-state index contributed by atoms with van der Waals surface area (Å²) in [7, 11) is 0. The summed E-state index contributed by atoms with van der Waals surface area (Å²) in [4.78, 5) is 11.8. The minimum Gasteiger partial charge on any atom is -0.494 e. The highest BCUT2D eigenvalue weighted by atomic mass is 35.5. The summed E-state index contributed by atoms with van der Waals surface area (Å²) in [5, 5.41) is 3.36. The number of anilines is 2. The largest absolute Gasteiger partial charge is 0.494 e. The summed E-state index contributed by atoms with van der Waals surface area (Å²) in [6, 6.07) is 12.6. The number of nitrogens with two attached hydrogens (primary N) is 1. The molecular formula is C16H16Cl2N2O2. The molecule has 3 N–H and O–H groups in total. The van der Waals surface area contributed by atoms with E-state index in [-0.39, 0.29) is 5.91 Å². The van der Waals surface area contributed by atoms with Crippen LogP contribution < -0.4 is 15.8 Å². The summed E-state index contributed by atoms with van der Waals surface area (Å²) in [5.41, 5.74) is 6.47. The van der Waals surface area contributed by atoms with Gasteiger partial charge in [-0.15, -0.1) is 0 Å². The van der Waals surface area contributed by atoms with Gasteiger partial charge in [0.05, 0.1) is 22.3 Å². The van der Waals surface area contributed by atoms with Crippen LogP contribution in [0.1, 0.15) is 12.8 Å². The number of halogens is 2. The van der Waals surface area contributed by atoms with Crippen molar-refractivity contribution in [3.63, 3.8) is 0 Å². The van der Waals surface area contributed by atoms with Gasteiger partial charge in [-0.2, -0.15) is 0 Å². The van der Waals surface area contributed by atoms with Crippen molar-refractivity contribution in [3.8, 4) is 5.75 Å². The number of rotatable bonds is 6. The molecule has 0 bridgehead atoms. The van der Waals surface area contributed by atoms with E-state index in [2.05, 4.69) is 5.32 Å². The van der Waals surface area contributed by atoms with E-state index >= 15 is 0 Å². The number of amides is 1. The normalized spacial score (nSPS) is 10.3. The van der Waals surface area contributed by atoms with Crippen LogP contribution in [0.5, 0.6) is 5.75 Å². The number of para-hydroxylation sites is 1. The van der Waals surface area contributed by atoms with Gasteiger partial charge in [-0.1, -0.05) is 41.4 Å². The van der Waals surface area contributed by atoms with Crippen LogP contribution in [0.3, 0.4) is 0 Å². The topological polar surface area (TPSA) is 64.3 Å². The lowest BCUT2D eigenvalue weighted by Gasteiger charge is -2.09. The highest BCUT2D eigenvalue weighted by Gasteiger charge is 2.08. The summed E-state index contributed by atoms with van der Waals surface area (Å²) in [6.07, 6.45) is 0.948. The number of hydrogen-bond acceptors (Lipinski definition) is 3. The Balaban J connectivity index is 1.76. The first kappa shape index (κ1) is 16.5. The van der Waals surface area contributed by atoms with Crippen molar-refractivity contribution in [1.82, 2.24) is 0 Å². The molecular weight excluding hydrogens is 323 g/mol. The van der Waals surface area contributed by atoms with Gasteiger partial charge in [-0.3, -0.25) is 4.79 Å². The smallest absolute Gasteiger partial charge is 0.224 e. The SMILES string of the molecule is Nc1c(Cl)cc(NC(=O)CCCOc2ccccc2)cc1Cl. The van der Waals surface area contributed by atoms with Crippen molar-refractivity contribution < 1.29 is 9.53 Å². The maximum absolute atomic E-state index is 11.8. The minimum atomic E-state index is -0.131.